The van der Waals surface area contributed by atoms with E-state index in [2.05, 4.69) is 29.6 Å². The Labute approximate surface area is 173 Å². The first-order chi connectivity index (χ1) is 14.1. The number of benzene rings is 3. The lowest BCUT2D eigenvalue weighted by atomic mass is 10.1. The van der Waals surface area contributed by atoms with E-state index in [1.165, 1.54) is 0 Å². The van der Waals surface area contributed by atoms with Crippen molar-refractivity contribution in [3.63, 3.8) is 0 Å². The Hall–Kier alpha value is -3.24. The summed E-state index contributed by atoms with van der Waals surface area (Å²) in [5, 5.41) is 3.44. The van der Waals surface area contributed by atoms with Crippen LogP contribution in [0.2, 0.25) is 0 Å². The number of rotatable bonds is 9. The molecule has 4 nitrogen and oxygen atoms in total. The molecule has 1 atom stereocenters. The molecule has 0 aromatic heterocycles. The molecule has 0 aliphatic heterocycles. The van der Waals surface area contributed by atoms with Crippen LogP contribution in [0.25, 0.3) is 5.70 Å². The molecule has 0 saturated carbocycles. The number of nitrogens with two attached hydrogens (primary N) is 2. The van der Waals surface area contributed by atoms with Crippen LogP contribution in [-0.2, 0) is 13.2 Å². The van der Waals surface area contributed by atoms with Gasteiger partial charge in [0.15, 0.2) is 0 Å². The van der Waals surface area contributed by atoms with E-state index in [0.29, 0.717) is 6.61 Å². The first-order valence-electron chi connectivity index (χ1n) is 9.91. The van der Waals surface area contributed by atoms with E-state index in [1.807, 2.05) is 67.6 Å². The van der Waals surface area contributed by atoms with Gasteiger partial charge in [-0.2, -0.15) is 0 Å². The van der Waals surface area contributed by atoms with Crippen molar-refractivity contribution in [2.24, 2.45) is 11.5 Å². The van der Waals surface area contributed by atoms with Crippen LogP contribution in [0.5, 0.6) is 5.75 Å². The van der Waals surface area contributed by atoms with E-state index in [1.54, 1.807) is 0 Å². The lowest BCUT2D eigenvalue weighted by molar-refractivity contribution is 0.306. The van der Waals surface area contributed by atoms with Crippen LogP contribution in [-0.4, -0.2) is 6.04 Å². The van der Waals surface area contributed by atoms with Gasteiger partial charge in [0.1, 0.15) is 12.4 Å². The van der Waals surface area contributed by atoms with Crippen LogP contribution in [0, 0.1) is 0 Å². The van der Waals surface area contributed by atoms with Crippen molar-refractivity contribution in [1.29, 1.82) is 0 Å². The Morgan fingerprint density at radius 1 is 0.966 bits per heavy atom. The maximum absolute atomic E-state index is 6.12. The van der Waals surface area contributed by atoms with E-state index in [9.17, 15) is 0 Å². The van der Waals surface area contributed by atoms with Gasteiger partial charge in [-0.05, 0) is 54.3 Å². The van der Waals surface area contributed by atoms with Crippen molar-refractivity contribution in [3.8, 4) is 5.75 Å². The van der Waals surface area contributed by atoms with Crippen molar-refractivity contribution < 1.29 is 4.74 Å². The van der Waals surface area contributed by atoms with Crippen LogP contribution < -0.4 is 21.5 Å². The van der Waals surface area contributed by atoms with Crippen LogP contribution >= 0.6 is 0 Å². The standard InChI is InChI=1S/C25H29N3O/c1-19(26)10-15-25(27)22-11-13-23(14-12-22)28-17-21-8-5-9-24(16-21)29-18-20-6-3-2-4-7-20/h2-9,11-16,19,28H,10,17-18,26-27H2,1H3/b25-15+. The van der Waals surface area contributed by atoms with Gasteiger partial charge in [-0.15, -0.1) is 0 Å². The second-order valence-electron chi connectivity index (χ2n) is 7.23. The van der Waals surface area contributed by atoms with Gasteiger partial charge in [0, 0.05) is 24.0 Å². The first kappa shape index (κ1) is 20.5. The lowest BCUT2D eigenvalue weighted by Gasteiger charge is -2.11. The zero-order valence-electron chi connectivity index (χ0n) is 16.8. The fourth-order valence-corrected chi connectivity index (χ4v) is 2.90. The van der Waals surface area contributed by atoms with Crippen molar-refractivity contribution >= 4 is 11.4 Å². The number of anilines is 1. The highest BCUT2D eigenvalue weighted by molar-refractivity contribution is 5.64. The van der Waals surface area contributed by atoms with E-state index >= 15 is 0 Å². The highest BCUT2D eigenvalue weighted by Gasteiger charge is 2.01. The summed E-state index contributed by atoms with van der Waals surface area (Å²) in [5.41, 5.74) is 17.0. The minimum atomic E-state index is 0.113. The smallest absolute Gasteiger partial charge is 0.120 e. The highest BCUT2D eigenvalue weighted by atomic mass is 16.5. The molecule has 150 valence electrons. The van der Waals surface area contributed by atoms with Crippen molar-refractivity contribution in [2.45, 2.75) is 32.5 Å². The molecular formula is C25H29N3O. The van der Waals surface area contributed by atoms with Crippen LogP contribution in [0.1, 0.15) is 30.0 Å². The van der Waals surface area contributed by atoms with Crippen molar-refractivity contribution in [3.05, 3.63) is 102 Å². The Bertz CT molecular complexity index is 918. The molecule has 3 rings (SSSR count). The predicted octanol–water partition coefficient (Wildman–Crippen LogP) is 4.91. The summed E-state index contributed by atoms with van der Waals surface area (Å²) in [6.45, 7) is 3.26. The molecule has 29 heavy (non-hydrogen) atoms. The zero-order valence-corrected chi connectivity index (χ0v) is 16.8. The third-order valence-corrected chi connectivity index (χ3v) is 4.57. The Kier molecular flexibility index (Phi) is 7.31. The molecule has 1 unspecified atom stereocenters. The largest absolute Gasteiger partial charge is 0.489 e. The molecule has 0 amide bonds. The number of hydrogen-bond acceptors (Lipinski definition) is 4. The Morgan fingerprint density at radius 2 is 1.69 bits per heavy atom. The molecule has 0 saturated heterocycles. The first-order valence-corrected chi connectivity index (χ1v) is 9.91. The number of nitrogens with one attached hydrogen (secondary N) is 1. The van der Waals surface area contributed by atoms with E-state index in [0.717, 1.165) is 46.8 Å². The fourth-order valence-electron chi connectivity index (χ4n) is 2.90. The topological polar surface area (TPSA) is 73.3 Å². The molecular weight excluding hydrogens is 358 g/mol. The Morgan fingerprint density at radius 3 is 2.41 bits per heavy atom. The summed E-state index contributed by atoms with van der Waals surface area (Å²) >= 11 is 0. The van der Waals surface area contributed by atoms with Gasteiger partial charge in [0.05, 0.1) is 0 Å². The minimum Gasteiger partial charge on any atom is -0.489 e. The molecule has 3 aromatic rings. The summed E-state index contributed by atoms with van der Waals surface area (Å²) in [5.74, 6) is 0.871. The van der Waals surface area contributed by atoms with Gasteiger partial charge in [-0.3, -0.25) is 0 Å². The molecule has 4 heteroatoms. The molecule has 0 radical (unpaired) electrons. The van der Waals surface area contributed by atoms with E-state index in [4.69, 9.17) is 16.2 Å². The third kappa shape index (κ3) is 6.70. The average Bonchev–Trinajstić information content (AvgIpc) is 2.76. The molecule has 0 aliphatic rings. The second-order valence-corrected chi connectivity index (χ2v) is 7.23. The van der Waals surface area contributed by atoms with Gasteiger partial charge in [-0.25, -0.2) is 0 Å². The van der Waals surface area contributed by atoms with Gasteiger partial charge >= 0.3 is 0 Å². The van der Waals surface area contributed by atoms with E-state index in [-0.39, 0.29) is 6.04 Å². The molecule has 0 aliphatic carbocycles. The van der Waals surface area contributed by atoms with Crippen LogP contribution in [0.4, 0.5) is 5.69 Å². The molecule has 0 spiro atoms. The van der Waals surface area contributed by atoms with Crippen molar-refractivity contribution in [1.82, 2.24) is 0 Å². The van der Waals surface area contributed by atoms with Crippen molar-refractivity contribution in [2.75, 3.05) is 5.32 Å². The summed E-state index contributed by atoms with van der Waals surface area (Å²) in [6.07, 6.45) is 2.75. The second kappa shape index (κ2) is 10.3. The highest BCUT2D eigenvalue weighted by Crippen LogP contribution is 2.18. The summed E-state index contributed by atoms with van der Waals surface area (Å²) in [7, 11) is 0. The predicted molar refractivity (Wildman–Crippen MR) is 121 cm³/mol. The molecule has 0 bridgehead atoms. The average molecular weight is 388 g/mol. The maximum Gasteiger partial charge on any atom is 0.120 e. The fraction of sp³-hybridized carbons (Fsp3) is 0.200. The van der Waals surface area contributed by atoms with Crippen LogP contribution in [0.15, 0.2) is 84.9 Å². The van der Waals surface area contributed by atoms with Gasteiger partial charge in [0.25, 0.3) is 0 Å². The normalized spacial score (nSPS) is 12.4. The van der Waals surface area contributed by atoms with Gasteiger partial charge < -0.3 is 21.5 Å². The SMILES string of the molecule is CC(N)C/C=C(/N)c1ccc(NCc2cccc(OCc3ccccc3)c2)cc1. The van der Waals surface area contributed by atoms with Gasteiger partial charge in [0.2, 0.25) is 0 Å². The van der Waals surface area contributed by atoms with Gasteiger partial charge in [-0.1, -0.05) is 60.7 Å². The molecule has 0 fully saturated rings. The van der Waals surface area contributed by atoms with E-state index < -0.39 is 0 Å². The number of ether oxygens (including phenoxy) is 1. The van der Waals surface area contributed by atoms with Crippen LogP contribution in [0.3, 0.4) is 0 Å². The maximum atomic E-state index is 6.12. The molecule has 3 aromatic carbocycles. The molecule has 0 heterocycles. The minimum absolute atomic E-state index is 0.113. The number of hydrogen-bond donors (Lipinski definition) is 3. The molecule has 5 N–H and O–H groups in total. The summed E-state index contributed by atoms with van der Waals surface area (Å²) < 4.78 is 5.91. The summed E-state index contributed by atoms with van der Waals surface area (Å²) in [4.78, 5) is 0. The monoisotopic (exact) mass is 387 g/mol. The quantitative estimate of drug-likeness (QED) is 0.487. The lowest BCUT2D eigenvalue weighted by Crippen LogP contribution is -2.13. The summed E-state index contributed by atoms with van der Waals surface area (Å²) in [6, 6.07) is 26.6. The third-order valence-electron chi connectivity index (χ3n) is 4.57. The Balaban J connectivity index is 1.54. The zero-order chi connectivity index (χ0) is 20.5.